The maximum atomic E-state index is 12.8. The minimum Gasteiger partial charge on any atom is -0.467 e. The molecule has 0 radical (unpaired) electrons. The first-order valence-corrected chi connectivity index (χ1v) is 9.20. The number of hydrogen-bond acceptors (Lipinski definition) is 4. The number of ether oxygens (including phenoxy) is 1. The van der Waals surface area contributed by atoms with Gasteiger partial charge in [0.2, 0.25) is 0 Å². The van der Waals surface area contributed by atoms with Crippen LogP contribution in [0.5, 0.6) is 0 Å². The first kappa shape index (κ1) is 17.0. The van der Waals surface area contributed by atoms with Crippen molar-refractivity contribution in [2.45, 2.75) is 31.8 Å². The molecular formula is C21H24N2O3. The summed E-state index contributed by atoms with van der Waals surface area (Å²) in [5.74, 6) is -0.0509. The van der Waals surface area contributed by atoms with Gasteiger partial charge in [-0.25, -0.2) is 4.79 Å². The summed E-state index contributed by atoms with van der Waals surface area (Å²) in [6, 6.07) is 10.3. The molecule has 2 aliphatic rings. The lowest BCUT2D eigenvalue weighted by Gasteiger charge is -2.48. The Kier molecular flexibility index (Phi) is 4.41. The number of aromatic nitrogens is 1. The van der Waals surface area contributed by atoms with E-state index in [1.54, 1.807) is 0 Å². The molecule has 1 aromatic heterocycles. The third-order valence-corrected chi connectivity index (χ3v) is 5.91. The van der Waals surface area contributed by atoms with Crippen LogP contribution in [0.2, 0.25) is 0 Å². The lowest BCUT2D eigenvalue weighted by atomic mass is 9.77. The van der Waals surface area contributed by atoms with Crippen LogP contribution in [-0.4, -0.2) is 41.9 Å². The van der Waals surface area contributed by atoms with Crippen molar-refractivity contribution in [3.05, 3.63) is 47.7 Å². The molecule has 1 fully saturated rings. The number of nitrogens with zero attached hydrogens (tertiary/aromatic N) is 2. The summed E-state index contributed by atoms with van der Waals surface area (Å²) in [7, 11) is 1.47. The number of esters is 1. The Labute approximate surface area is 153 Å². The zero-order chi connectivity index (χ0) is 18.3. The van der Waals surface area contributed by atoms with Crippen molar-refractivity contribution >= 4 is 23.2 Å². The predicted molar refractivity (Wildman–Crippen MR) is 99.9 cm³/mol. The molecule has 0 spiro atoms. The van der Waals surface area contributed by atoms with Gasteiger partial charge in [-0.1, -0.05) is 29.8 Å². The number of hydrogen-bond donors (Lipinski definition) is 0. The van der Waals surface area contributed by atoms with E-state index in [9.17, 15) is 9.59 Å². The normalized spacial score (nSPS) is 26.7. The van der Waals surface area contributed by atoms with E-state index < -0.39 is 0 Å². The molecule has 3 heterocycles. The van der Waals surface area contributed by atoms with Gasteiger partial charge in [0, 0.05) is 36.6 Å². The van der Waals surface area contributed by atoms with Crippen LogP contribution in [-0.2, 0) is 14.3 Å². The van der Waals surface area contributed by atoms with Gasteiger partial charge in [-0.2, -0.15) is 0 Å². The van der Waals surface area contributed by atoms with Crippen molar-refractivity contribution in [2.24, 2.45) is 5.92 Å². The fraction of sp³-hybridized carbons (Fsp3) is 0.429. The highest BCUT2D eigenvalue weighted by molar-refractivity contribution is 5.86. The van der Waals surface area contributed by atoms with Crippen molar-refractivity contribution in [3.63, 3.8) is 0 Å². The summed E-state index contributed by atoms with van der Waals surface area (Å²) in [4.78, 5) is 26.1. The lowest BCUT2D eigenvalue weighted by Crippen LogP contribution is -2.48. The lowest BCUT2D eigenvalue weighted by molar-refractivity contribution is -0.147. The van der Waals surface area contributed by atoms with Gasteiger partial charge in [-0.05, 0) is 30.9 Å². The highest BCUT2D eigenvalue weighted by Crippen LogP contribution is 2.49. The molecule has 5 heteroatoms. The summed E-state index contributed by atoms with van der Waals surface area (Å²) in [6.45, 7) is 3.57. The van der Waals surface area contributed by atoms with E-state index in [0.717, 1.165) is 42.4 Å². The minimum absolute atomic E-state index is 0.133. The Balaban J connectivity index is 1.91. The van der Waals surface area contributed by atoms with E-state index in [1.165, 1.54) is 12.7 Å². The monoisotopic (exact) mass is 352 g/mol. The summed E-state index contributed by atoms with van der Waals surface area (Å²) in [5, 5.41) is 1.14. The first-order valence-electron chi connectivity index (χ1n) is 9.20. The Bertz CT molecular complexity index is 883. The van der Waals surface area contributed by atoms with Crippen LogP contribution in [0.25, 0.3) is 10.9 Å². The van der Waals surface area contributed by atoms with Gasteiger partial charge in [0.05, 0.1) is 13.2 Å². The molecule has 2 aromatic rings. The number of aldehydes is 1. The Hall–Kier alpha value is -2.40. The molecule has 26 heavy (non-hydrogen) atoms. The number of fused-ring (bicyclic) bond motifs is 6. The van der Waals surface area contributed by atoms with Crippen LogP contribution in [0.4, 0.5) is 0 Å². The van der Waals surface area contributed by atoms with Gasteiger partial charge in [0.15, 0.2) is 0 Å². The van der Waals surface area contributed by atoms with E-state index in [2.05, 4.69) is 33.7 Å². The highest BCUT2D eigenvalue weighted by atomic mass is 16.5. The van der Waals surface area contributed by atoms with Gasteiger partial charge < -0.3 is 14.1 Å². The zero-order valence-electron chi connectivity index (χ0n) is 15.2. The third kappa shape index (κ3) is 2.50. The summed E-state index contributed by atoms with van der Waals surface area (Å²) >= 11 is 0. The second-order valence-corrected chi connectivity index (χ2v) is 7.11. The number of piperidine rings is 1. The first-order chi connectivity index (χ1) is 12.7. The number of benzene rings is 1. The third-order valence-electron chi connectivity index (χ3n) is 5.91. The van der Waals surface area contributed by atoms with Crippen LogP contribution < -0.4 is 0 Å². The SMILES string of the molecule is C/C=C1/CN(CCC=O)[C@H]2C[C@@H]1[C@@H](C(=O)OC)n1c2cc2ccccc21. The second kappa shape index (κ2) is 6.72. The molecule has 1 aromatic carbocycles. The largest absolute Gasteiger partial charge is 0.467 e. The van der Waals surface area contributed by atoms with Gasteiger partial charge in [0.25, 0.3) is 0 Å². The molecule has 2 aliphatic heterocycles. The Morgan fingerprint density at radius 2 is 2.15 bits per heavy atom. The number of methoxy groups -OCH3 is 1. The van der Waals surface area contributed by atoms with Crippen LogP contribution in [0.3, 0.4) is 0 Å². The maximum absolute atomic E-state index is 12.8. The fourth-order valence-electron chi connectivity index (χ4n) is 4.74. The van der Waals surface area contributed by atoms with Crippen molar-refractivity contribution in [2.75, 3.05) is 20.2 Å². The van der Waals surface area contributed by atoms with Crippen molar-refractivity contribution in [1.82, 2.24) is 9.47 Å². The summed E-state index contributed by atoms with van der Waals surface area (Å²) < 4.78 is 7.37. The van der Waals surface area contributed by atoms with Crippen LogP contribution in [0, 0.1) is 5.92 Å². The molecule has 136 valence electrons. The molecule has 4 rings (SSSR count). The molecule has 0 aliphatic carbocycles. The molecule has 0 saturated carbocycles. The maximum Gasteiger partial charge on any atom is 0.329 e. The highest BCUT2D eigenvalue weighted by Gasteiger charge is 2.46. The molecule has 1 saturated heterocycles. The standard InChI is InChI=1S/C21H24N2O3/c1-3-14-13-22(9-6-10-24)18-12-16(14)20(21(25)26-2)23-17-8-5-4-7-15(17)11-19(18)23/h3-5,7-8,10-11,16,18,20H,6,9,12-13H2,1-2H3/b14-3-/t16-,18-,20-/m0/s1. The van der Waals surface area contributed by atoms with Crippen molar-refractivity contribution in [3.8, 4) is 0 Å². The van der Waals surface area contributed by atoms with Gasteiger partial charge >= 0.3 is 5.97 Å². The van der Waals surface area contributed by atoms with Crippen molar-refractivity contribution in [1.29, 1.82) is 0 Å². The Morgan fingerprint density at radius 3 is 2.88 bits per heavy atom. The molecule has 3 atom stereocenters. The van der Waals surface area contributed by atoms with E-state index in [1.807, 2.05) is 19.1 Å². The van der Waals surface area contributed by atoms with E-state index in [0.29, 0.717) is 6.42 Å². The van der Waals surface area contributed by atoms with E-state index in [4.69, 9.17) is 4.74 Å². The molecule has 0 unspecified atom stereocenters. The number of allylic oxidation sites excluding steroid dienone is 1. The predicted octanol–water partition coefficient (Wildman–Crippen LogP) is 3.27. The number of rotatable bonds is 4. The fourth-order valence-corrected chi connectivity index (χ4v) is 4.74. The number of para-hydroxylation sites is 1. The quantitative estimate of drug-likeness (QED) is 0.481. The second-order valence-electron chi connectivity index (χ2n) is 7.11. The van der Waals surface area contributed by atoms with Gasteiger partial charge in [-0.3, -0.25) is 4.90 Å². The minimum atomic E-state index is -0.328. The number of carbonyl (C=O) groups excluding carboxylic acids is 2. The van der Waals surface area contributed by atoms with Crippen molar-refractivity contribution < 1.29 is 14.3 Å². The molecular weight excluding hydrogens is 328 g/mol. The van der Waals surface area contributed by atoms with Crippen LogP contribution in [0.15, 0.2) is 42.0 Å². The number of carbonyl (C=O) groups is 2. The molecule has 0 N–H and O–H groups in total. The van der Waals surface area contributed by atoms with Crippen LogP contribution >= 0.6 is 0 Å². The van der Waals surface area contributed by atoms with Gasteiger partial charge in [-0.15, -0.1) is 0 Å². The summed E-state index contributed by atoms with van der Waals surface area (Å²) in [5.41, 5.74) is 3.48. The Morgan fingerprint density at radius 1 is 1.35 bits per heavy atom. The number of likely N-dealkylation sites (tertiary alicyclic amines) is 1. The average Bonchev–Trinajstić information content (AvgIpc) is 3.06. The average molecular weight is 352 g/mol. The molecule has 2 bridgehead atoms. The molecule has 5 nitrogen and oxygen atoms in total. The summed E-state index contributed by atoms with van der Waals surface area (Å²) in [6.07, 6.45) is 4.52. The topological polar surface area (TPSA) is 51.5 Å². The van der Waals surface area contributed by atoms with E-state index in [-0.39, 0.29) is 24.0 Å². The zero-order valence-corrected chi connectivity index (χ0v) is 15.2. The smallest absolute Gasteiger partial charge is 0.329 e. The van der Waals surface area contributed by atoms with Gasteiger partial charge in [0.1, 0.15) is 12.3 Å². The van der Waals surface area contributed by atoms with E-state index >= 15 is 0 Å². The molecule has 0 amide bonds. The van der Waals surface area contributed by atoms with Crippen LogP contribution in [0.1, 0.15) is 37.5 Å².